The zero-order valence-corrected chi connectivity index (χ0v) is 25.0. The Morgan fingerprint density at radius 3 is 2.41 bits per heavy atom. The first-order chi connectivity index (χ1) is 19.7. The van der Waals surface area contributed by atoms with Crippen molar-refractivity contribution in [2.24, 2.45) is 5.92 Å². The maximum absolute atomic E-state index is 13.2. The molecule has 0 spiro atoms. The number of alkyl carbamates (subject to hydrolysis) is 1. The Labute approximate surface area is 252 Å². The van der Waals surface area contributed by atoms with Gasteiger partial charge in [-0.3, -0.25) is 9.59 Å². The van der Waals surface area contributed by atoms with Crippen LogP contribution in [0.15, 0.2) is 48.5 Å². The van der Waals surface area contributed by atoms with Gasteiger partial charge in [0, 0.05) is 30.1 Å². The summed E-state index contributed by atoms with van der Waals surface area (Å²) in [6.45, 7) is 0.526. The first-order valence-corrected chi connectivity index (χ1v) is 14.9. The second-order valence-electron chi connectivity index (χ2n) is 10.6. The second-order valence-corrected chi connectivity index (χ2v) is 11.5. The van der Waals surface area contributed by atoms with E-state index in [1.807, 2.05) is 24.3 Å². The first-order valence-electron chi connectivity index (χ1n) is 14.1. The van der Waals surface area contributed by atoms with E-state index in [0.717, 1.165) is 43.2 Å². The molecule has 1 aliphatic rings. The van der Waals surface area contributed by atoms with E-state index in [9.17, 15) is 19.2 Å². The minimum absolute atomic E-state index is 0.00870. The monoisotopic (exact) mass is 603 g/mol. The predicted molar refractivity (Wildman–Crippen MR) is 160 cm³/mol. The zero-order chi connectivity index (χ0) is 29.6. The van der Waals surface area contributed by atoms with Crippen molar-refractivity contribution in [3.8, 4) is 0 Å². The second kappa shape index (κ2) is 17.0. The lowest BCUT2D eigenvalue weighted by Gasteiger charge is -2.27. The number of aldehydes is 1. The number of halogens is 2. The normalized spacial score (nSPS) is 14.9. The van der Waals surface area contributed by atoms with Gasteiger partial charge in [-0.05, 0) is 60.6 Å². The van der Waals surface area contributed by atoms with Crippen LogP contribution in [-0.4, -0.2) is 54.8 Å². The summed E-state index contributed by atoms with van der Waals surface area (Å²) >= 11 is 11.9. The Kier molecular flexibility index (Phi) is 13.4. The fourth-order valence-electron chi connectivity index (χ4n) is 4.95. The molecule has 0 saturated heterocycles. The highest BCUT2D eigenvalue weighted by Crippen LogP contribution is 2.27. The van der Waals surface area contributed by atoms with Crippen molar-refractivity contribution < 1.29 is 23.9 Å². The Balaban J connectivity index is 1.51. The van der Waals surface area contributed by atoms with Crippen molar-refractivity contribution in [2.45, 2.75) is 76.5 Å². The molecule has 0 aromatic heterocycles. The van der Waals surface area contributed by atoms with Crippen LogP contribution in [0.1, 0.15) is 62.5 Å². The van der Waals surface area contributed by atoms with E-state index in [1.165, 1.54) is 0 Å². The summed E-state index contributed by atoms with van der Waals surface area (Å²) in [6, 6.07) is 12.7. The summed E-state index contributed by atoms with van der Waals surface area (Å²) in [6.07, 6.45) is 6.61. The van der Waals surface area contributed by atoms with Gasteiger partial charge in [-0.15, -0.1) is 0 Å². The molecule has 3 amide bonds. The van der Waals surface area contributed by atoms with Gasteiger partial charge in [0.05, 0.1) is 6.04 Å². The van der Waals surface area contributed by atoms with Crippen molar-refractivity contribution in [1.82, 2.24) is 15.5 Å². The molecule has 2 aromatic rings. The molecule has 222 valence electrons. The van der Waals surface area contributed by atoms with Crippen LogP contribution in [0.25, 0.3) is 0 Å². The van der Waals surface area contributed by atoms with Crippen molar-refractivity contribution in [2.75, 3.05) is 13.6 Å². The van der Waals surface area contributed by atoms with Crippen LogP contribution in [-0.2, 0) is 32.1 Å². The third-order valence-electron chi connectivity index (χ3n) is 7.40. The molecule has 3 rings (SSSR count). The highest BCUT2D eigenvalue weighted by atomic mass is 35.5. The average Bonchev–Trinajstić information content (AvgIpc) is 2.97. The number of nitrogens with zero attached hydrogens (tertiary/aromatic N) is 1. The van der Waals surface area contributed by atoms with E-state index in [4.69, 9.17) is 27.9 Å². The van der Waals surface area contributed by atoms with E-state index in [-0.39, 0.29) is 25.4 Å². The van der Waals surface area contributed by atoms with Gasteiger partial charge < -0.3 is 25.1 Å². The number of amides is 3. The SMILES string of the molecule is CN(CCc1ccc(Cl)cc1)C(=O)CCC(C=O)NC(=O)C(CC1CCCCC1)NC(=O)OCc1cccc(Cl)c1. The van der Waals surface area contributed by atoms with E-state index in [1.54, 1.807) is 36.2 Å². The minimum Gasteiger partial charge on any atom is -0.445 e. The van der Waals surface area contributed by atoms with Crippen LogP contribution >= 0.6 is 23.2 Å². The molecule has 41 heavy (non-hydrogen) atoms. The number of nitrogens with one attached hydrogen (secondary N) is 2. The molecule has 2 unspecified atom stereocenters. The molecule has 8 nitrogen and oxygen atoms in total. The summed E-state index contributed by atoms with van der Waals surface area (Å²) in [7, 11) is 1.71. The average molecular weight is 605 g/mol. The van der Waals surface area contributed by atoms with Crippen molar-refractivity contribution in [3.05, 3.63) is 69.7 Å². The van der Waals surface area contributed by atoms with Crippen LogP contribution < -0.4 is 10.6 Å². The van der Waals surface area contributed by atoms with Gasteiger partial charge in [0.15, 0.2) is 0 Å². The number of hydrogen-bond donors (Lipinski definition) is 2. The molecule has 2 atom stereocenters. The third kappa shape index (κ3) is 11.7. The zero-order valence-electron chi connectivity index (χ0n) is 23.5. The predicted octanol–water partition coefficient (Wildman–Crippen LogP) is 5.72. The number of benzene rings is 2. The largest absolute Gasteiger partial charge is 0.445 e. The summed E-state index contributed by atoms with van der Waals surface area (Å²) in [5, 5.41) is 6.61. The molecular formula is C31H39Cl2N3O5. The molecular weight excluding hydrogens is 565 g/mol. The molecule has 0 heterocycles. The fourth-order valence-corrected chi connectivity index (χ4v) is 5.29. The van der Waals surface area contributed by atoms with Crippen LogP contribution in [0.4, 0.5) is 4.79 Å². The molecule has 0 radical (unpaired) electrons. The quantitative estimate of drug-likeness (QED) is 0.269. The molecule has 1 saturated carbocycles. The Bertz CT molecular complexity index is 1150. The summed E-state index contributed by atoms with van der Waals surface area (Å²) < 4.78 is 5.34. The summed E-state index contributed by atoms with van der Waals surface area (Å²) in [4.78, 5) is 51.9. The minimum atomic E-state index is -0.856. The molecule has 10 heteroatoms. The van der Waals surface area contributed by atoms with E-state index < -0.39 is 24.1 Å². The van der Waals surface area contributed by atoms with Crippen LogP contribution in [0, 0.1) is 5.92 Å². The van der Waals surface area contributed by atoms with Gasteiger partial charge in [0.2, 0.25) is 11.8 Å². The summed E-state index contributed by atoms with van der Waals surface area (Å²) in [5.74, 6) is -0.296. The Morgan fingerprint density at radius 2 is 1.73 bits per heavy atom. The van der Waals surface area contributed by atoms with Crippen LogP contribution in [0.3, 0.4) is 0 Å². The highest BCUT2D eigenvalue weighted by Gasteiger charge is 2.28. The molecule has 1 aliphatic carbocycles. The van der Waals surface area contributed by atoms with Gasteiger partial charge in [0.25, 0.3) is 0 Å². The number of likely N-dealkylation sites (N-methyl/N-ethyl adjacent to an activating group) is 1. The number of carbonyl (C=O) groups excluding carboxylic acids is 4. The van der Waals surface area contributed by atoms with Crippen molar-refractivity contribution >= 4 is 47.4 Å². The lowest BCUT2D eigenvalue weighted by molar-refractivity contribution is -0.131. The maximum atomic E-state index is 13.2. The Morgan fingerprint density at radius 1 is 1.00 bits per heavy atom. The number of ether oxygens (including phenoxy) is 1. The maximum Gasteiger partial charge on any atom is 0.408 e. The van der Waals surface area contributed by atoms with Gasteiger partial charge in [-0.25, -0.2) is 4.79 Å². The topological polar surface area (TPSA) is 105 Å². The lowest BCUT2D eigenvalue weighted by atomic mass is 9.84. The number of rotatable bonds is 14. The third-order valence-corrected chi connectivity index (χ3v) is 7.88. The van der Waals surface area contributed by atoms with E-state index in [0.29, 0.717) is 41.6 Å². The van der Waals surface area contributed by atoms with Crippen molar-refractivity contribution in [3.63, 3.8) is 0 Å². The molecule has 1 fully saturated rings. The van der Waals surface area contributed by atoms with Gasteiger partial charge in [-0.1, -0.05) is 79.6 Å². The Hall–Kier alpha value is -3.10. The molecule has 0 bridgehead atoms. The molecule has 0 aliphatic heterocycles. The molecule has 2 N–H and O–H groups in total. The van der Waals surface area contributed by atoms with E-state index >= 15 is 0 Å². The lowest BCUT2D eigenvalue weighted by Crippen LogP contribution is -2.51. The van der Waals surface area contributed by atoms with Gasteiger partial charge >= 0.3 is 6.09 Å². The molecule has 2 aromatic carbocycles. The van der Waals surface area contributed by atoms with Crippen molar-refractivity contribution in [1.29, 1.82) is 0 Å². The fraction of sp³-hybridized carbons (Fsp3) is 0.484. The smallest absolute Gasteiger partial charge is 0.408 e. The standard InChI is InChI=1S/C31H39Cl2N3O5/c1-36(17-16-22-10-12-25(32)13-11-22)29(38)15-14-27(20-37)34-30(39)28(19-23-6-3-2-4-7-23)35-31(40)41-21-24-8-5-9-26(33)18-24/h5,8-13,18,20,23,27-28H,2-4,6-7,14-17,19,21H2,1H3,(H,34,39)(H,35,40). The van der Waals surface area contributed by atoms with Crippen LogP contribution in [0.5, 0.6) is 0 Å². The first kappa shape index (κ1) is 32.4. The van der Waals surface area contributed by atoms with E-state index in [2.05, 4.69) is 10.6 Å². The van der Waals surface area contributed by atoms with Gasteiger partial charge in [0.1, 0.15) is 18.9 Å². The van der Waals surface area contributed by atoms with Gasteiger partial charge in [-0.2, -0.15) is 0 Å². The highest BCUT2D eigenvalue weighted by molar-refractivity contribution is 6.30. The summed E-state index contributed by atoms with van der Waals surface area (Å²) in [5.41, 5.74) is 1.79. The number of carbonyl (C=O) groups is 4. The number of hydrogen-bond acceptors (Lipinski definition) is 5. The van der Waals surface area contributed by atoms with Crippen LogP contribution in [0.2, 0.25) is 10.0 Å².